The Hall–Kier alpha value is -3.59. The number of aliphatic hydroxyl groups excluding tert-OH is 1. The minimum atomic E-state index is 0.0625. The first-order chi connectivity index (χ1) is 14.3. The lowest BCUT2D eigenvalue weighted by atomic mass is 10.1. The largest absolute Gasteiger partial charge is 0.394 e. The summed E-state index contributed by atoms with van der Waals surface area (Å²) >= 11 is 0. The molecule has 0 atom stereocenters. The lowest BCUT2D eigenvalue weighted by Gasteiger charge is -2.27. The minimum Gasteiger partial charge on any atom is -0.394 e. The molecule has 0 amide bonds. The van der Waals surface area contributed by atoms with E-state index in [1.807, 2.05) is 23.0 Å². The SMILES string of the molecule is OCCn1cc(-c2cc3c(N4CC=C(c5ncccn5)CC4)ncnn3c2)cn1. The lowest BCUT2D eigenvalue weighted by molar-refractivity contribution is 0.269. The van der Waals surface area contributed by atoms with E-state index in [0.29, 0.717) is 6.54 Å². The maximum absolute atomic E-state index is 9.08. The average Bonchev–Trinajstić information content (AvgIpc) is 3.41. The van der Waals surface area contributed by atoms with Gasteiger partial charge < -0.3 is 10.0 Å². The Balaban J connectivity index is 1.43. The fourth-order valence-corrected chi connectivity index (χ4v) is 3.59. The second kappa shape index (κ2) is 7.44. The number of hydrogen-bond donors (Lipinski definition) is 1. The maximum atomic E-state index is 9.08. The first-order valence-electron chi connectivity index (χ1n) is 9.50. The van der Waals surface area contributed by atoms with Gasteiger partial charge in [-0.3, -0.25) is 4.68 Å². The van der Waals surface area contributed by atoms with Crippen molar-refractivity contribution in [3.8, 4) is 11.1 Å². The Morgan fingerprint density at radius 1 is 1.03 bits per heavy atom. The number of aliphatic hydroxyl groups is 1. The van der Waals surface area contributed by atoms with Crippen molar-refractivity contribution in [2.45, 2.75) is 13.0 Å². The quantitative estimate of drug-likeness (QED) is 0.555. The van der Waals surface area contributed by atoms with Crippen molar-refractivity contribution in [1.82, 2.24) is 34.3 Å². The van der Waals surface area contributed by atoms with Crippen molar-refractivity contribution in [3.63, 3.8) is 0 Å². The van der Waals surface area contributed by atoms with Crippen LogP contribution in [0.4, 0.5) is 5.82 Å². The summed E-state index contributed by atoms with van der Waals surface area (Å²) in [5.74, 6) is 1.70. The third kappa shape index (κ3) is 3.36. The molecule has 9 heteroatoms. The second-order valence-corrected chi connectivity index (χ2v) is 6.86. The van der Waals surface area contributed by atoms with Crippen LogP contribution in [0.25, 0.3) is 22.2 Å². The molecule has 4 aromatic heterocycles. The highest BCUT2D eigenvalue weighted by molar-refractivity contribution is 5.78. The topological polar surface area (TPSA) is 97.3 Å². The molecule has 0 unspecified atom stereocenters. The fourth-order valence-electron chi connectivity index (χ4n) is 3.59. The molecule has 0 radical (unpaired) electrons. The van der Waals surface area contributed by atoms with E-state index in [4.69, 9.17) is 5.11 Å². The summed E-state index contributed by atoms with van der Waals surface area (Å²) in [6.45, 7) is 2.12. The van der Waals surface area contributed by atoms with E-state index in [2.05, 4.69) is 42.2 Å². The standard InChI is InChI=1S/C20H20N8O/c29-9-8-27-12-17(11-24-27)16-10-18-20(23-14-25-28(18)13-16)26-6-2-15(3-7-26)19-21-4-1-5-22-19/h1-2,4-5,10-14,29H,3,6-9H2. The van der Waals surface area contributed by atoms with E-state index in [9.17, 15) is 0 Å². The first kappa shape index (κ1) is 17.5. The summed E-state index contributed by atoms with van der Waals surface area (Å²) < 4.78 is 3.58. The Bertz CT molecular complexity index is 1160. The number of aromatic nitrogens is 7. The number of fused-ring (bicyclic) bond motifs is 1. The van der Waals surface area contributed by atoms with Crippen molar-refractivity contribution in [3.05, 3.63) is 61.3 Å². The highest BCUT2D eigenvalue weighted by atomic mass is 16.3. The molecule has 146 valence electrons. The van der Waals surface area contributed by atoms with Crippen LogP contribution in [0.3, 0.4) is 0 Å². The normalized spacial score (nSPS) is 14.4. The highest BCUT2D eigenvalue weighted by Gasteiger charge is 2.19. The van der Waals surface area contributed by atoms with Gasteiger partial charge in [-0.25, -0.2) is 19.5 Å². The van der Waals surface area contributed by atoms with Gasteiger partial charge in [0, 0.05) is 49.0 Å². The van der Waals surface area contributed by atoms with E-state index >= 15 is 0 Å². The zero-order valence-corrected chi connectivity index (χ0v) is 15.8. The summed E-state index contributed by atoms with van der Waals surface area (Å²) in [4.78, 5) is 15.5. The fraction of sp³-hybridized carbons (Fsp3) is 0.250. The second-order valence-electron chi connectivity index (χ2n) is 6.86. The molecule has 0 bridgehead atoms. The molecule has 0 aliphatic carbocycles. The molecular formula is C20H20N8O. The van der Waals surface area contributed by atoms with Crippen molar-refractivity contribution in [1.29, 1.82) is 0 Å². The predicted octanol–water partition coefficient (Wildman–Crippen LogP) is 1.67. The molecule has 4 aromatic rings. The molecule has 0 aromatic carbocycles. The van der Waals surface area contributed by atoms with Crippen LogP contribution in [0, 0.1) is 0 Å². The molecule has 29 heavy (non-hydrogen) atoms. The summed E-state index contributed by atoms with van der Waals surface area (Å²) in [7, 11) is 0. The van der Waals surface area contributed by atoms with Gasteiger partial charge in [-0.2, -0.15) is 10.2 Å². The van der Waals surface area contributed by atoms with Gasteiger partial charge in [0.2, 0.25) is 0 Å². The number of nitrogens with zero attached hydrogens (tertiary/aromatic N) is 8. The molecule has 0 fully saturated rings. The highest BCUT2D eigenvalue weighted by Crippen LogP contribution is 2.29. The van der Waals surface area contributed by atoms with Crippen LogP contribution in [-0.2, 0) is 6.54 Å². The number of rotatable bonds is 5. The van der Waals surface area contributed by atoms with Gasteiger partial charge in [0.15, 0.2) is 11.6 Å². The molecule has 1 N–H and O–H groups in total. The van der Waals surface area contributed by atoms with Crippen LogP contribution in [-0.4, -0.2) is 59.1 Å². The maximum Gasteiger partial charge on any atom is 0.156 e. The lowest BCUT2D eigenvalue weighted by Crippen LogP contribution is -2.29. The molecule has 1 aliphatic heterocycles. The summed E-state index contributed by atoms with van der Waals surface area (Å²) in [6, 6.07) is 3.91. The Kier molecular flexibility index (Phi) is 4.49. The van der Waals surface area contributed by atoms with Crippen molar-refractivity contribution in [2.75, 3.05) is 24.6 Å². The van der Waals surface area contributed by atoms with Gasteiger partial charge in [0.25, 0.3) is 0 Å². The van der Waals surface area contributed by atoms with E-state index in [-0.39, 0.29) is 6.61 Å². The molecule has 9 nitrogen and oxygen atoms in total. The van der Waals surface area contributed by atoms with Gasteiger partial charge in [0.05, 0.1) is 19.3 Å². The van der Waals surface area contributed by atoms with Crippen molar-refractivity contribution >= 4 is 16.9 Å². The van der Waals surface area contributed by atoms with Gasteiger partial charge in [-0.05, 0) is 24.1 Å². The molecule has 0 saturated carbocycles. The van der Waals surface area contributed by atoms with E-state index in [1.54, 1.807) is 29.6 Å². The first-order valence-corrected chi connectivity index (χ1v) is 9.50. The minimum absolute atomic E-state index is 0.0625. The average molecular weight is 388 g/mol. The van der Waals surface area contributed by atoms with Crippen molar-refractivity contribution < 1.29 is 5.11 Å². The zero-order valence-electron chi connectivity index (χ0n) is 15.8. The van der Waals surface area contributed by atoms with Crippen LogP contribution in [0.2, 0.25) is 0 Å². The Morgan fingerprint density at radius 2 is 1.93 bits per heavy atom. The van der Waals surface area contributed by atoms with Crippen LogP contribution >= 0.6 is 0 Å². The van der Waals surface area contributed by atoms with E-state index in [0.717, 1.165) is 47.8 Å². The third-order valence-corrected chi connectivity index (χ3v) is 5.04. The van der Waals surface area contributed by atoms with Gasteiger partial charge in [-0.15, -0.1) is 0 Å². The molecular weight excluding hydrogens is 368 g/mol. The van der Waals surface area contributed by atoms with Crippen LogP contribution in [0.1, 0.15) is 12.2 Å². The third-order valence-electron chi connectivity index (χ3n) is 5.04. The van der Waals surface area contributed by atoms with Crippen LogP contribution in [0.15, 0.2) is 55.5 Å². The van der Waals surface area contributed by atoms with Crippen LogP contribution < -0.4 is 4.90 Å². The molecule has 5 heterocycles. The molecule has 0 spiro atoms. The van der Waals surface area contributed by atoms with Crippen LogP contribution in [0.5, 0.6) is 0 Å². The van der Waals surface area contributed by atoms with Gasteiger partial charge >= 0.3 is 0 Å². The Morgan fingerprint density at radius 3 is 2.72 bits per heavy atom. The van der Waals surface area contributed by atoms with Crippen molar-refractivity contribution in [2.24, 2.45) is 0 Å². The predicted molar refractivity (Wildman–Crippen MR) is 108 cm³/mol. The molecule has 1 aliphatic rings. The zero-order chi connectivity index (χ0) is 19.6. The summed E-state index contributed by atoms with van der Waals surface area (Å²) in [6.07, 6.45) is 13.9. The van der Waals surface area contributed by atoms with Gasteiger partial charge in [-0.1, -0.05) is 6.08 Å². The van der Waals surface area contributed by atoms with Gasteiger partial charge in [0.1, 0.15) is 11.8 Å². The molecule has 5 rings (SSSR count). The monoisotopic (exact) mass is 388 g/mol. The van der Waals surface area contributed by atoms with E-state index < -0.39 is 0 Å². The molecule has 0 saturated heterocycles. The number of anilines is 1. The Labute approximate surface area is 167 Å². The van der Waals surface area contributed by atoms with E-state index in [1.165, 1.54) is 5.57 Å². The smallest absolute Gasteiger partial charge is 0.156 e. The number of hydrogen-bond acceptors (Lipinski definition) is 7. The summed E-state index contributed by atoms with van der Waals surface area (Å²) in [5, 5.41) is 17.7. The summed E-state index contributed by atoms with van der Waals surface area (Å²) in [5.41, 5.74) is 4.11.